The van der Waals surface area contributed by atoms with Crippen molar-refractivity contribution in [2.24, 2.45) is 0 Å². The van der Waals surface area contributed by atoms with E-state index in [-0.39, 0.29) is 5.97 Å². The van der Waals surface area contributed by atoms with Gasteiger partial charge in [-0.2, -0.15) is 0 Å². The number of esters is 1. The number of aromatic nitrogens is 1. The minimum absolute atomic E-state index is 0.318. The number of carbonyl (C=O) groups excluding carboxylic acids is 1. The van der Waals surface area contributed by atoms with E-state index in [4.69, 9.17) is 4.74 Å². The molecule has 0 atom stereocenters. The van der Waals surface area contributed by atoms with E-state index < -0.39 is 0 Å². The number of ether oxygens (including phenoxy) is 1. The molecule has 3 heteroatoms. The fourth-order valence-electron chi connectivity index (χ4n) is 1.21. The van der Waals surface area contributed by atoms with Crippen molar-refractivity contribution in [1.29, 1.82) is 0 Å². The van der Waals surface area contributed by atoms with Gasteiger partial charge in [-0.1, -0.05) is 19.4 Å². The maximum Gasteiger partial charge on any atom is 0.309 e. The van der Waals surface area contributed by atoms with E-state index >= 15 is 0 Å². The number of unbranched alkanes of at least 4 members (excludes halogenated alkanes) is 1. The zero-order valence-corrected chi connectivity index (χ0v) is 8.62. The Labute approximate surface area is 84.1 Å². The lowest BCUT2D eigenvalue weighted by atomic mass is 10.1. The fraction of sp³-hybridized carbons (Fsp3) is 0.455. The quantitative estimate of drug-likeness (QED) is 0.689. The summed E-state index contributed by atoms with van der Waals surface area (Å²) in [6, 6.07) is 3.80. The van der Waals surface area contributed by atoms with E-state index in [1.165, 1.54) is 6.92 Å². The Kier molecular flexibility index (Phi) is 4.11. The van der Waals surface area contributed by atoms with Gasteiger partial charge in [0.2, 0.25) is 5.88 Å². The molecular weight excluding hydrogens is 178 g/mol. The highest BCUT2D eigenvalue weighted by Crippen LogP contribution is 2.16. The molecule has 14 heavy (non-hydrogen) atoms. The van der Waals surface area contributed by atoms with Crippen LogP contribution in [0.15, 0.2) is 18.3 Å². The van der Waals surface area contributed by atoms with Gasteiger partial charge in [-0.05, 0) is 18.9 Å². The van der Waals surface area contributed by atoms with E-state index in [1.54, 1.807) is 6.20 Å². The van der Waals surface area contributed by atoms with Gasteiger partial charge in [0, 0.05) is 18.7 Å². The van der Waals surface area contributed by atoms with Gasteiger partial charge >= 0.3 is 5.97 Å². The molecule has 0 aliphatic heterocycles. The molecule has 0 fully saturated rings. The van der Waals surface area contributed by atoms with Gasteiger partial charge in [0.25, 0.3) is 0 Å². The molecule has 76 valence electrons. The van der Waals surface area contributed by atoms with Gasteiger partial charge in [0.05, 0.1) is 0 Å². The summed E-state index contributed by atoms with van der Waals surface area (Å²) < 4.78 is 4.99. The Bertz CT molecular complexity index is 310. The lowest BCUT2D eigenvalue weighted by Crippen LogP contribution is -2.05. The Balaban J connectivity index is 2.74. The first kappa shape index (κ1) is 10.7. The van der Waals surface area contributed by atoms with Crippen LogP contribution in [0, 0.1) is 0 Å². The molecule has 0 radical (unpaired) electrons. The van der Waals surface area contributed by atoms with Crippen molar-refractivity contribution in [1.82, 2.24) is 4.98 Å². The van der Waals surface area contributed by atoms with Crippen LogP contribution in [0.2, 0.25) is 0 Å². The highest BCUT2D eigenvalue weighted by atomic mass is 16.5. The van der Waals surface area contributed by atoms with Crippen LogP contribution >= 0.6 is 0 Å². The van der Waals surface area contributed by atoms with Crippen LogP contribution in [0.25, 0.3) is 0 Å². The number of carbonyl (C=O) groups is 1. The summed E-state index contributed by atoms with van der Waals surface area (Å²) in [5.41, 5.74) is 1.00. The second-order valence-corrected chi connectivity index (χ2v) is 3.16. The molecule has 3 nitrogen and oxygen atoms in total. The molecule has 1 aromatic rings. The third-order valence-electron chi connectivity index (χ3n) is 1.89. The van der Waals surface area contributed by atoms with Gasteiger partial charge in [0.1, 0.15) is 0 Å². The van der Waals surface area contributed by atoms with Gasteiger partial charge in [-0.15, -0.1) is 0 Å². The maximum absolute atomic E-state index is 10.8. The standard InChI is InChI=1S/C11H15NO2/c1-3-4-6-10-7-5-8-12-11(10)14-9(2)13/h5,7-8H,3-4,6H2,1-2H3. The third kappa shape index (κ3) is 3.17. The third-order valence-corrected chi connectivity index (χ3v) is 1.89. The van der Waals surface area contributed by atoms with Crippen molar-refractivity contribution in [3.05, 3.63) is 23.9 Å². The minimum atomic E-state index is -0.318. The molecule has 0 aliphatic rings. The molecule has 0 aliphatic carbocycles. The summed E-state index contributed by atoms with van der Waals surface area (Å²) in [5.74, 6) is 0.134. The summed E-state index contributed by atoms with van der Waals surface area (Å²) >= 11 is 0. The first-order valence-electron chi connectivity index (χ1n) is 4.86. The molecule has 0 N–H and O–H groups in total. The molecule has 0 saturated heterocycles. The predicted molar refractivity (Wildman–Crippen MR) is 54.2 cm³/mol. The van der Waals surface area contributed by atoms with Crippen molar-refractivity contribution in [2.45, 2.75) is 33.1 Å². The van der Waals surface area contributed by atoms with Crippen molar-refractivity contribution in [2.75, 3.05) is 0 Å². The van der Waals surface area contributed by atoms with Crippen molar-refractivity contribution < 1.29 is 9.53 Å². The van der Waals surface area contributed by atoms with E-state index in [1.807, 2.05) is 12.1 Å². The monoisotopic (exact) mass is 193 g/mol. The number of hydrogen-bond donors (Lipinski definition) is 0. The largest absolute Gasteiger partial charge is 0.407 e. The smallest absolute Gasteiger partial charge is 0.309 e. The van der Waals surface area contributed by atoms with Crippen LogP contribution in [0.1, 0.15) is 32.3 Å². The summed E-state index contributed by atoms with van der Waals surface area (Å²) in [6.45, 7) is 3.51. The van der Waals surface area contributed by atoms with Crippen molar-refractivity contribution in [3.8, 4) is 5.88 Å². The molecule has 0 amide bonds. The molecule has 0 saturated carbocycles. The molecule has 1 rings (SSSR count). The van der Waals surface area contributed by atoms with Gasteiger partial charge in [-0.3, -0.25) is 4.79 Å². The topological polar surface area (TPSA) is 39.2 Å². The average Bonchev–Trinajstić information content (AvgIpc) is 2.16. The van der Waals surface area contributed by atoms with Crippen LogP contribution in [-0.2, 0) is 11.2 Å². The molecule has 0 aromatic carbocycles. The minimum Gasteiger partial charge on any atom is -0.407 e. The molecule has 1 aromatic heterocycles. The zero-order chi connectivity index (χ0) is 10.4. The number of pyridine rings is 1. The summed E-state index contributed by atoms with van der Waals surface area (Å²) in [5, 5.41) is 0. The maximum atomic E-state index is 10.8. The summed E-state index contributed by atoms with van der Waals surface area (Å²) in [4.78, 5) is 14.8. The Morgan fingerprint density at radius 1 is 1.57 bits per heavy atom. The van der Waals surface area contributed by atoms with E-state index in [2.05, 4.69) is 11.9 Å². The second-order valence-electron chi connectivity index (χ2n) is 3.16. The molecular formula is C11H15NO2. The lowest BCUT2D eigenvalue weighted by molar-refractivity contribution is -0.132. The Morgan fingerprint density at radius 3 is 3.00 bits per heavy atom. The number of rotatable bonds is 4. The Morgan fingerprint density at radius 2 is 2.36 bits per heavy atom. The van der Waals surface area contributed by atoms with Crippen LogP contribution in [0.5, 0.6) is 5.88 Å². The van der Waals surface area contributed by atoms with Gasteiger partial charge in [0.15, 0.2) is 0 Å². The van der Waals surface area contributed by atoms with Crippen LogP contribution < -0.4 is 4.74 Å². The van der Waals surface area contributed by atoms with Crippen molar-refractivity contribution in [3.63, 3.8) is 0 Å². The van der Waals surface area contributed by atoms with E-state index in [0.29, 0.717) is 5.88 Å². The molecule has 0 spiro atoms. The van der Waals surface area contributed by atoms with Crippen molar-refractivity contribution >= 4 is 5.97 Å². The van der Waals surface area contributed by atoms with E-state index in [9.17, 15) is 4.79 Å². The van der Waals surface area contributed by atoms with Crippen LogP contribution in [0.3, 0.4) is 0 Å². The van der Waals surface area contributed by atoms with E-state index in [0.717, 1.165) is 24.8 Å². The fourth-order valence-corrected chi connectivity index (χ4v) is 1.21. The average molecular weight is 193 g/mol. The summed E-state index contributed by atoms with van der Waals surface area (Å²) in [7, 11) is 0. The lowest BCUT2D eigenvalue weighted by Gasteiger charge is -2.05. The first-order valence-corrected chi connectivity index (χ1v) is 4.86. The highest BCUT2D eigenvalue weighted by molar-refractivity contribution is 5.69. The first-order chi connectivity index (χ1) is 6.74. The van der Waals surface area contributed by atoms with Crippen LogP contribution in [-0.4, -0.2) is 11.0 Å². The number of aryl methyl sites for hydroxylation is 1. The highest BCUT2D eigenvalue weighted by Gasteiger charge is 2.05. The molecule has 0 bridgehead atoms. The second kappa shape index (κ2) is 5.37. The predicted octanol–water partition coefficient (Wildman–Crippen LogP) is 2.35. The Hall–Kier alpha value is -1.38. The van der Waals surface area contributed by atoms with Crippen LogP contribution in [0.4, 0.5) is 0 Å². The summed E-state index contributed by atoms with van der Waals surface area (Å²) in [6.07, 6.45) is 4.75. The number of nitrogens with zero attached hydrogens (tertiary/aromatic N) is 1. The molecule has 1 heterocycles. The molecule has 0 unspecified atom stereocenters. The van der Waals surface area contributed by atoms with Gasteiger partial charge < -0.3 is 4.74 Å². The van der Waals surface area contributed by atoms with Gasteiger partial charge in [-0.25, -0.2) is 4.98 Å². The normalized spacial score (nSPS) is 9.86. The zero-order valence-electron chi connectivity index (χ0n) is 8.62. The number of hydrogen-bond acceptors (Lipinski definition) is 3. The SMILES string of the molecule is CCCCc1cccnc1OC(C)=O.